The molecule has 4 saturated heterocycles. The molecule has 6 rings (SSSR count). The first-order valence-corrected chi connectivity index (χ1v) is 16.7. The Balaban J connectivity index is 0.00000221. The molecule has 0 N–H and O–H groups in total. The summed E-state index contributed by atoms with van der Waals surface area (Å²) in [6.07, 6.45) is 10.2. The molecule has 2 aromatic rings. The van der Waals surface area contributed by atoms with E-state index < -0.39 is 0 Å². The maximum Gasteiger partial charge on any atom is 0.223 e. The first-order chi connectivity index (χ1) is 20.3. The highest BCUT2D eigenvalue weighted by molar-refractivity contribution is 5.77. The third kappa shape index (κ3) is 7.45. The third-order valence-corrected chi connectivity index (χ3v) is 11.7. The monoisotopic (exact) mass is 730 g/mol. The maximum absolute atomic E-state index is 13.1. The number of hydrogen-bond acceptors (Lipinski definition) is 2. The van der Waals surface area contributed by atoms with Crippen molar-refractivity contribution in [2.75, 3.05) is 40.3 Å². The summed E-state index contributed by atoms with van der Waals surface area (Å²) in [7, 11) is 4.82. The number of rotatable bonds is 11. The molecule has 44 heavy (non-hydrogen) atoms. The van der Waals surface area contributed by atoms with Crippen LogP contribution in [0.2, 0.25) is 0 Å². The number of quaternary nitrogens is 2. The van der Waals surface area contributed by atoms with Crippen molar-refractivity contribution in [2.24, 2.45) is 0 Å². The van der Waals surface area contributed by atoms with Gasteiger partial charge in [0.25, 0.3) is 0 Å². The van der Waals surface area contributed by atoms with E-state index in [9.17, 15) is 9.59 Å². The van der Waals surface area contributed by atoms with Gasteiger partial charge in [-0.25, -0.2) is 0 Å². The lowest BCUT2D eigenvalue weighted by Gasteiger charge is -2.48. The van der Waals surface area contributed by atoms with Gasteiger partial charge in [-0.2, -0.15) is 0 Å². The number of hydrogen-bond donors (Lipinski definition) is 0. The van der Waals surface area contributed by atoms with Crippen LogP contribution in [-0.2, 0) is 22.7 Å². The van der Waals surface area contributed by atoms with E-state index in [4.69, 9.17) is 0 Å². The molecule has 0 aliphatic carbocycles. The van der Waals surface area contributed by atoms with Gasteiger partial charge in [-0.1, -0.05) is 73.5 Å². The molecule has 8 heteroatoms. The first kappa shape index (κ1) is 35.1. The van der Waals surface area contributed by atoms with Gasteiger partial charge in [0.15, 0.2) is 0 Å². The Bertz CT molecular complexity index is 1110. The minimum atomic E-state index is 0. The highest BCUT2D eigenvalue weighted by atomic mass is 79.9. The van der Waals surface area contributed by atoms with Crippen LogP contribution in [0.4, 0.5) is 0 Å². The molecule has 6 atom stereocenters. The number of unbranched alkanes of at least 4 members (excludes halogenated alkanes) is 3. The lowest BCUT2D eigenvalue weighted by molar-refractivity contribution is -0.959. The topological polar surface area (TPSA) is 40.6 Å². The SMILES string of the molecule is C[N+]1(Cc2ccccc2)[C@@H]2CC[C@H]1CN(C(=O)CCCCCCC(=O)N1C[C@H]3CC[C@@H](C1)[N+]3(C)Cc1ccccc1)C2.[Br-].[Br-]. The Hall–Kier alpha value is -1.74. The van der Waals surface area contributed by atoms with E-state index in [1.54, 1.807) is 0 Å². The van der Waals surface area contributed by atoms with Crippen molar-refractivity contribution >= 4 is 11.8 Å². The van der Waals surface area contributed by atoms with Crippen molar-refractivity contribution in [3.8, 4) is 0 Å². The molecule has 0 saturated carbocycles. The summed E-state index contributed by atoms with van der Waals surface area (Å²) in [5, 5.41) is 0. The summed E-state index contributed by atoms with van der Waals surface area (Å²) in [6.45, 7) is 5.79. The Morgan fingerprint density at radius 3 is 1.20 bits per heavy atom. The van der Waals surface area contributed by atoms with Crippen LogP contribution in [0.25, 0.3) is 0 Å². The molecule has 0 aromatic heterocycles. The maximum atomic E-state index is 13.1. The normalized spacial score (nSPS) is 30.4. The quantitative estimate of drug-likeness (QED) is 0.229. The average molecular weight is 733 g/mol. The van der Waals surface area contributed by atoms with E-state index in [1.807, 2.05) is 0 Å². The standard InChI is InChI=1S/C36H52N4O2.2BrH/c1-39(27-29-13-7-5-8-14-29)31-19-20-32(39)24-37(23-31)35(41)17-11-3-4-12-18-36(42)38-25-33-21-22-34(26-38)40(33,2)28-30-15-9-6-10-16-30;;/h5-10,13-16,31-34H,3-4,11-12,17-28H2,1-2H3;2*1H/q+2;;/p-2/t31-,32+,33-,34+,39?,40?;;. The van der Waals surface area contributed by atoms with E-state index in [1.165, 1.54) is 36.8 Å². The molecule has 4 aliphatic rings. The second-order valence-electron chi connectivity index (χ2n) is 14.3. The molecule has 0 radical (unpaired) electrons. The Kier molecular flexibility index (Phi) is 12.2. The number of fused-ring (bicyclic) bond motifs is 4. The molecule has 6 nitrogen and oxygen atoms in total. The first-order valence-electron chi connectivity index (χ1n) is 16.7. The molecule has 2 amide bonds. The zero-order valence-corrected chi connectivity index (χ0v) is 29.9. The number of amides is 2. The van der Waals surface area contributed by atoms with Gasteiger partial charge >= 0.3 is 0 Å². The molecule has 2 unspecified atom stereocenters. The van der Waals surface area contributed by atoms with Gasteiger partial charge < -0.3 is 52.7 Å². The predicted molar refractivity (Wildman–Crippen MR) is 167 cm³/mol. The number of nitrogens with zero attached hydrogens (tertiary/aromatic N) is 4. The van der Waals surface area contributed by atoms with E-state index >= 15 is 0 Å². The van der Waals surface area contributed by atoms with Gasteiger partial charge in [-0.15, -0.1) is 0 Å². The van der Waals surface area contributed by atoms with Crippen LogP contribution >= 0.6 is 0 Å². The molecule has 4 fully saturated rings. The molecule has 4 bridgehead atoms. The van der Waals surface area contributed by atoms with Crippen LogP contribution in [-0.4, -0.2) is 95.0 Å². The second kappa shape index (κ2) is 15.2. The third-order valence-electron chi connectivity index (χ3n) is 11.7. The van der Waals surface area contributed by atoms with Crippen LogP contribution in [0.5, 0.6) is 0 Å². The van der Waals surface area contributed by atoms with Gasteiger partial charge in [0.05, 0.1) is 40.3 Å². The van der Waals surface area contributed by atoms with E-state index in [2.05, 4.69) is 84.6 Å². The molecule has 4 heterocycles. The van der Waals surface area contributed by atoms with E-state index in [0.717, 1.165) is 73.9 Å². The van der Waals surface area contributed by atoms with Crippen molar-refractivity contribution in [3.63, 3.8) is 0 Å². The predicted octanol–water partition coefficient (Wildman–Crippen LogP) is -0.625. The number of carbonyl (C=O) groups excluding carboxylic acids is 2. The van der Waals surface area contributed by atoms with Gasteiger partial charge in [-0.3, -0.25) is 9.59 Å². The summed E-state index contributed by atoms with van der Waals surface area (Å²) >= 11 is 0. The Labute approximate surface area is 286 Å². The van der Waals surface area contributed by atoms with Crippen molar-refractivity contribution < 1.29 is 52.5 Å². The van der Waals surface area contributed by atoms with Crippen LogP contribution in [0.1, 0.15) is 75.3 Å². The number of benzene rings is 2. The van der Waals surface area contributed by atoms with Crippen molar-refractivity contribution in [1.82, 2.24) is 9.80 Å². The van der Waals surface area contributed by atoms with Crippen LogP contribution in [0.3, 0.4) is 0 Å². The Morgan fingerprint density at radius 1 is 0.568 bits per heavy atom. The average Bonchev–Trinajstić information content (AvgIpc) is 3.24. The van der Waals surface area contributed by atoms with Gasteiger partial charge in [0.2, 0.25) is 11.8 Å². The fourth-order valence-electron chi connectivity index (χ4n) is 8.92. The van der Waals surface area contributed by atoms with Crippen LogP contribution in [0.15, 0.2) is 60.7 Å². The molecule has 0 spiro atoms. The molecule has 242 valence electrons. The number of piperazine rings is 2. The summed E-state index contributed by atoms with van der Waals surface area (Å²) in [4.78, 5) is 30.6. The highest BCUT2D eigenvalue weighted by Gasteiger charge is 2.52. The Morgan fingerprint density at radius 2 is 0.886 bits per heavy atom. The van der Waals surface area contributed by atoms with Crippen molar-refractivity contribution in [1.29, 1.82) is 0 Å². The van der Waals surface area contributed by atoms with Crippen molar-refractivity contribution in [3.05, 3.63) is 71.8 Å². The zero-order valence-electron chi connectivity index (χ0n) is 26.8. The van der Waals surface area contributed by atoms with E-state index in [0.29, 0.717) is 48.8 Å². The summed E-state index contributed by atoms with van der Waals surface area (Å²) in [5.41, 5.74) is 2.81. The fourth-order valence-corrected chi connectivity index (χ4v) is 8.92. The zero-order chi connectivity index (χ0) is 29.2. The summed E-state index contributed by atoms with van der Waals surface area (Å²) in [5.74, 6) is 0.684. The second-order valence-corrected chi connectivity index (χ2v) is 14.3. The number of likely N-dealkylation sites (tertiary alicyclic amines) is 2. The van der Waals surface area contributed by atoms with Crippen LogP contribution < -0.4 is 34.0 Å². The largest absolute Gasteiger partial charge is 1.00 e. The van der Waals surface area contributed by atoms with Gasteiger partial charge in [0, 0.05) is 49.7 Å². The van der Waals surface area contributed by atoms with E-state index in [-0.39, 0.29) is 34.0 Å². The fraction of sp³-hybridized carbons (Fsp3) is 0.611. The number of carbonyl (C=O) groups is 2. The summed E-state index contributed by atoms with van der Waals surface area (Å²) in [6, 6.07) is 23.9. The number of likely N-dealkylation sites (N-methyl/N-ethyl adjacent to an activating group) is 2. The minimum Gasteiger partial charge on any atom is -1.00 e. The minimum absolute atomic E-state index is 0. The summed E-state index contributed by atoms with van der Waals surface area (Å²) < 4.78 is 2.18. The lowest BCUT2D eigenvalue weighted by atomic mass is 10.0. The van der Waals surface area contributed by atoms with Gasteiger partial charge in [0.1, 0.15) is 37.3 Å². The smallest absolute Gasteiger partial charge is 0.223 e. The number of halogens is 2. The molecule has 2 aromatic carbocycles. The molecule has 4 aliphatic heterocycles. The van der Waals surface area contributed by atoms with Crippen molar-refractivity contribution in [2.45, 2.75) is 101 Å². The lowest BCUT2D eigenvalue weighted by Crippen LogP contribution is -3.00. The molecular weight excluding hydrogens is 680 g/mol. The van der Waals surface area contributed by atoms with Crippen LogP contribution in [0, 0.1) is 0 Å². The highest BCUT2D eigenvalue weighted by Crippen LogP contribution is 2.39. The van der Waals surface area contributed by atoms with Gasteiger partial charge in [-0.05, 0) is 12.8 Å². The molecular formula is C36H52Br2N4O2.